The van der Waals surface area contributed by atoms with Crippen LogP contribution in [0.1, 0.15) is 11.1 Å². The molecule has 31 heavy (non-hydrogen) atoms. The maximum absolute atomic E-state index is 13.3. The summed E-state index contributed by atoms with van der Waals surface area (Å²) in [5.41, 5.74) is 2.50. The number of amides is 1. The quantitative estimate of drug-likeness (QED) is 0.611. The minimum atomic E-state index is -3.71. The van der Waals surface area contributed by atoms with Crippen LogP contribution in [0.2, 0.25) is 0 Å². The van der Waals surface area contributed by atoms with Crippen molar-refractivity contribution >= 4 is 26.8 Å². The van der Waals surface area contributed by atoms with E-state index in [1.807, 2.05) is 50.2 Å². The molecule has 0 atom stereocenters. The lowest BCUT2D eigenvalue weighted by Crippen LogP contribution is -2.51. The van der Waals surface area contributed by atoms with Gasteiger partial charge in [0, 0.05) is 37.8 Å². The fourth-order valence-electron chi connectivity index (χ4n) is 3.71. The number of para-hydroxylation sites is 1. The second-order valence-electron chi connectivity index (χ2n) is 7.73. The van der Waals surface area contributed by atoms with Crippen LogP contribution in [-0.4, -0.2) is 61.3 Å². The SMILES string of the molecule is Cc1cccc(OCC(=O)N2CCN(S(=O)(=O)c3cccc4cc(C)cnc34)CC2)c1. The molecule has 162 valence electrons. The molecule has 0 radical (unpaired) electrons. The number of carbonyl (C=O) groups is 1. The van der Waals surface area contributed by atoms with Crippen molar-refractivity contribution in [1.29, 1.82) is 0 Å². The van der Waals surface area contributed by atoms with Crippen molar-refractivity contribution in [2.24, 2.45) is 0 Å². The molecule has 0 bridgehead atoms. The summed E-state index contributed by atoms with van der Waals surface area (Å²) in [7, 11) is -3.71. The zero-order valence-corrected chi connectivity index (χ0v) is 18.4. The van der Waals surface area contributed by atoms with E-state index in [0.29, 0.717) is 24.4 Å². The van der Waals surface area contributed by atoms with Gasteiger partial charge in [-0.2, -0.15) is 4.31 Å². The summed E-state index contributed by atoms with van der Waals surface area (Å²) < 4.78 is 33.5. The summed E-state index contributed by atoms with van der Waals surface area (Å²) >= 11 is 0. The number of hydrogen-bond acceptors (Lipinski definition) is 5. The first kappa shape index (κ1) is 21.3. The van der Waals surface area contributed by atoms with Gasteiger partial charge in [0.1, 0.15) is 10.6 Å². The monoisotopic (exact) mass is 439 g/mol. The number of benzene rings is 2. The molecule has 0 spiro atoms. The zero-order chi connectivity index (χ0) is 22.0. The lowest BCUT2D eigenvalue weighted by atomic mass is 10.2. The van der Waals surface area contributed by atoms with E-state index in [9.17, 15) is 13.2 Å². The number of ether oxygens (including phenoxy) is 1. The molecule has 4 rings (SSSR count). The molecule has 0 saturated carbocycles. The highest BCUT2D eigenvalue weighted by Crippen LogP contribution is 2.25. The lowest BCUT2D eigenvalue weighted by Gasteiger charge is -2.34. The molecule has 1 amide bonds. The minimum absolute atomic E-state index is 0.0667. The van der Waals surface area contributed by atoms with Crippen LogP contribution >= 0.6 is 0 Å². The fourth-order valence-corrected chi connectivity index (χ4v) is 5.30. The Morgan fingerprint density at radius 3 is 2.48 bits per heavy atom. The van der Waals surface area contributed by atoms with Crippen molar-refractivity contribution in [2.45, 2.75) is 18.7 Å². The second kappa shape index (κ2) is 8.64. The number of pyridine rings is 1. The average Bonchev–Trinajstić information content (AvgIpc) is 2.77. The normalized spacial score (nSPS) is 15.2. The van der Waals surface area contributed by atoms with Crippen LogP contribution in [0.4, 0.5) is 0 Å². The molecule has 0 unspecified atom stereocenters. The molecule has 1 fully saturated rings. The molecule has 2 aromatic carbocycles. The topological polar surface area (TPSA) is 79.8 Å². The Hall–Kier alpha value is -2.97. The van der Waals surface area contributed by atoms with E-state index in [2.05, 4.69) is 4.98 Å². The highest BCUT2D eigenvalue weighted by atomic mass is 32.2. The van der Waals surface area contributed by atoms with Crippen LogP contribution in [0, 0.1) is 13.8 Å². The van der Waals surface area contributed by atoms with Crippen molar-refractivity contribution in [3.63, 3.8) is 0 Å². The Morgan fingerprint density at radius 1 is 1.00 bits per heavy atom. The zero-order valence-electron chi connectivity index (χ0n) is 17.6. The molecule has 1 aliphatic heterocycles. The van der Waals surface area contributed by atoms with Crippen LogP contribution in [0.3, 0.4) is 0 Å². The van der Waals surface area contributed by atoms with Crippen LogP contribution in [0.15, 0.2) is 59.6 Å². The van der Waals surface area contributed by atoms with Gasteiger partial charge in [0.25, 0.3) is 5.91 Å². The van der Waals surface area contributed by atoms with Crippen LogP contribution in [0.5, 0.6) is 5.75 Å². The van der Waals surface area contributed by atoms with Crippen molar-refractivity contribution in [3.8, 4) is 5.75 Å². The molecule has 8 heteroatoms. The standard InChI is InChI=1S/C23H25N3O4S/c1-17-5-3-7-20(14-17)30-16-22(27)25-9-11-26(12-10-25)31(28,29)21-8-4-6-19-13-18(2)15-24-23(19)21/h3-8,13-15H,9-12,16H2,1-2H3. The van der Waals surface area contributed by atoms with E-state index in [1.54, 1.807) is 23.2 Å². The smallest absolute Gasteiger partial charge is 0.260 e. The predicted octanol–water partition coefficient (Wildman–Crippen LogP) is 2.76. The Balaban J connectivity index is 1.42. The lowest BCUT2D eigenvalue weighted by molar-refractivity contribution is -0.134. The number of sulfonamides is 1. The highest BCUT2D eigenvalue weighted by Gasteiger charge is 2.31. The predicted molar refractivity (Wildman–Crippen MR) is 118 cm³/mol. The highest BCUT2D eigenvalue weighted by molar-refractivity contribution is 7.89. The van der Waals surface area contributed by atoms with Gasteiger partial charge in [-0.05, 0) is 49.2 Å². The summed E-state index contributed by atoms with van der Waals surface area (Å²) in [6.07, 6.45) is 1.67. The number of aromatic nitrogens is 1. The Bertz CT molecular complexity index is 1220. The third-order valence-electron chi connectivity index (χ3n) is 5.37. The molecular weight excluding hydrogens is 414 g/mol. The van der Waals surface area contributed by atoms with Crippen LogP contribution in [-0.2, 0) is 14.8 Å². The molecule has 0 aliphatic carbocycles. The number of piperazine rings is 1. The Morgan fingerprint density at radius 2 is 1.74 bits per heavy atom. The van der Waals surface area contributed by atoms with E-state index in [1.165, 1.54) is 4.31 Å². The van der Waals surface area contributed by atoms with Crippen molar-refractivity contribution in [1.82, 2.24) is 14.2 Å². The number of carbonyl (C=O) groups excluding carboxylic acids is 1. The van der Waals surface area contributed by atoms with Crippen LogP contribution in [0.25, 0.3) is 10.9 Å². The molecule has 1 aliphatic rings. The maximum atomic E-state index is 13.3. The molecule has 1 aromatic heterocycles. The van der Waals surface area contributed by atoms with E-state index in [4.69, 9.17) is 4.74 Å². The van der Waals surface area contributed by atoms with Gasteiger partial charge in [-0.25, -0.2) is 8.42 Å². The maximum Gasteiger partial charge on any atom is 0.260 e. The molecule has 1 saturated heterocycles. The largest absolute Gasteiger partial charge is 0.484 e. The third kappa shape index (κ3) is 4.55. The van der Waals surface area contributed by atoms with Gasteiger partial charge in [-0.3, -0.25) is 9.78 Å². The van der Waals surface area contributed by atoms with Gasteiger partial charge in [0.2, 0.25) is 10.0 Å². The molecule has 3 aromatic rings. The first-order valence-corrected chi connectivity index (χ1v) is 11.6. The van der Waals surface area contributed by atoms with Gasteiger partial charge in [-0.1, -0.05) is 24.3 Å². The first-order chi connectivity index (χ1) is 14.8. The van der Waals surface area contributed by atoms with Crippen molar-refractivity contribution in [2.75, 3.05) is 32.8 Å². The van der Waals surface area contributed by atoms with Gasteiger partial charge < -0.3 is 9.64 Å². The number of nitrogens with zero attached hydrogens (tertiary/aromatic N) is 3. The minimum Gasteiger partial charge on any atom is -0.484 e. The Kier molecular flexibility index (Phi) is 5.93. The van der Waals surface area contributed by atoms with E-state index >= 15 is 0 Å². The van der Waals surface area contributed by atoms with Gasteiger partial charge in [0.15, 0.2) is 6.61 Å². The van der Waals surface area contributed by atoms with E-state index in [-0.39, 0.29) is 30.5 Å². The third-order valence-corrected chi connectivity index (χ3v) is 7.30. The van der Waals surface area contributed by atoms with Crippen LogP contribution < -0.4 is 4.74 Å². The fraction of sp³-hybridized carbons (Fsp3) is 0.304. The summed E-state index contributed by atoms with van der Waals surface area (Å²) in [6.45, 7) is 4.94. The molecular formula is C23H25N3O4S. The number of hydrogen-bond donors (Lipinski definition) is 0. The number of fused-ring (bicyclic) bond motifs is 1. The second-order valence-corrected chi connectivity index (χ2v) is 9.64. The summed E-state index contributed by atoms with van der Waals surface area (Å²) in [5.74, 6) is 0.495. The summed E-state index contributed by atoms with van der Waals surface area (Å²) in [6, 6.07) is 14.6. The molecule has 2 heterocycles. The van der Waals surface area contributed by atoms with Crippen molar-refractivity contribution < 1.29 is 17.9 Å². The summed E-state index contributed by atoms with van der Waals surface area (Å²) in [5, 5.41) is 0.795. The average molecular weight is 440 g/mol. The van der Waals surface area contributed by atoms with Gasteiger partial charge in [0.05, 0.1) is 5.52 Å². The van der Waals surface area contributed by atoms with Gasteiger partial charge in [-0.15, -0.1) is 0 Å². The van der Waals surface area contributed by atoms with Gasteiger partial charge >= 0.3 is 0 Å². The van der Waals surface area contributed by atoms with E-state index in [0.717, 1.165) is 16.5 Å². The van der Waals surface area contributed by atoms with Crippen molar-refractivity contribution in [3.05, 3.63) is 65.9 Å². The molecule has 0 N–H and O–H groups in total. The Labute approximate surface area is 182 Å². The number of rotatable bonds is 5. The molecule has 7 nitrogen and oxygen atoms in total. The number of aryl methyl sites for hydroxylation is 2. The summed E-state index contributed by atoms with van der Waals surface area (Å²) in [4.78, 5) is 18.7. The first-order valence-electron chi connectivity index (χ1n) is 10.2. The van der Waals surface area contributed by atoms with E-state index < -0.39 is 10.0 Å².